The van der Waals surface area contributed by atoms with Gasteiger partial charge in [-0.2, -0.15) is 0 Å². The van der Waals surface area contributed by atoms with Crippen molar-refractivity contribution in [2.45, 2.75) is 63.2 Å². The number of hydrogen-bond acceptors (Lipinski definition) is 2. The zero-order chi connectivity index (χ0) is 16.7. The maximum Gasteiger partial charge on any atom is 0.0379 e. The minimum Gasteiger partial charge on any atom is -0.384 e. The summed E-state index contributed by atoms with van der Waals surface area (Å²) in [6.07, 6.45) is 13.4. The van der Waals surface area contributed by atoms with Crippen molar-refractivity contribution in [3.63, 3.8) is 0 Å². The summed E-state index contributed by atoms with van der Waals surface area (Å²) >= 11 is 0. The first-order valence-corrected chi connectivity index (χ1v) is 10.9. The molecule has 2 heteroatoms. The van der Waals surface area contributed by atoms with Crippen LogP contribution >= 0.6 is 0 Å². The van der Waals surface area contributed by atoms with E-state index in [1.165, 1.54) is 76.7 Å². The Labute approximate surface area is 154 Å². The maximum atomic E-state index is 3.67. The number of benzene rings is 1. The van der Waals surface area contributed by atoms with E-state index < -0.39 is 0 Å². The molecule has 1 saturated heterocycles. The molecule has 2 heterocycles. The van der Waals surface area contributed by atoms with Crippen molar-refractivity contribution in [3.8, 4) is 0 Å². The van der Waals surface area contributed by atoms with Crippen LogP contribution in [0.3, 0.4) is 0 Å². The Morgan fingerprint density at radius 1 is 1.00 bits per heavy atom. The van der Waals surface area contributed by atoms with Gasteiger partial charge in [0.05, 0.1) is 0 Å². The monoisotopic (exact) mass is 340 g/mol. The van der Waals surface area contributed by atoms with Crippen molar-refractivity contribution >= 4 is 5.69 Å². The molecule has 1 spiro atoms. The van der Waals surface area contributed by atoms with Gasteiger partial charge in [0.25, 0.3) is 0 Å². The zero-order valence-corrected chi connectivity index (χ0v) is 15.7. The molecule has 2 saturated carbocycles. The lowest BCUT2D eigenvalue weighted by Gasteiger charge is -2.40. The van der Waals surface area contributed by atoms with Crippen LogP contribution in [0.2, 0.25) is 0 Å². The molecule has 1 N–H and O–H groups in total. The minimum absolute atomic E-state index is 0. The van der Waals surface area contributed by atoms with Crippen molar-refractivity contribution in [1.29, 1.82) is 0 Å². The van der Waals surface area contributed by atoms with E-state index in [0.29, 0.717) is 5.41 Å². The van der Waals surface area contributed by atoms with Crippen LogP contribution in [-0.2, 0) is 5.41 Å². The fraction of sp³-hybridized carbons (Fsp3) is 0.739. The van der Waals surface area contributed by atoms with Crippen LogP contribution in [-0.4, -0.2) is 31.1 Å². The second-order valence-electron chi connectivity index (χ2n) is 9.56. The van der Waals surface area contributed by atoms with Gasteiger partial charge in [0.2, 0.25) is 0 Å². The number of nitrogens with one attached hydrogen (secondary N) is 1. The highest BCUT2D eigenvalue weighted by atomic mass is 15.1. The van der Waals surface area contributed by atoms with Gasteiger partial charge in [0.15, 0.2) is 0 Å². The predicted octanol–water partition coefficient (Wildman–Crippen LogP) is 5.30. The van der Waals surface area contributed by atoms with Crippen LogP contribution in [0.1, 0.15) is 64.8 Å². The maximum absolute atomic E-state index is 3.67. The summed E-state index contributed by atoms with van der Waals surface area (Å²) in [5, 5.41) is 3.67. The molecule has 4 aliphatic rings. The molecule has 3 atom stereocenters. The van der Waals surface area contributed by atoms with Gasteiger partial charge in [0, 0.05) is 25.6 Å². The molecule has 0 radical (unpaired) electrons. The molecular formula is C23H36N2. The van der Waals surface area contributed by atoms with E-state index >= 15 is 0 Å². The molecule has 1 aromatic rings. The molecule has 2 bridgehead atoms. The van der Waals surface area contributed by atoms with Gasteiger partial charge < -0.3 is 10.2 Å². The second-order valence-corrected chi connectivity index (χ2v) is 9.56. The van der Waals surface area contributed by atoms with Gasteiger partial charge in [-0.15, -0.1) is 0 Å². The highest BCUT2D eigenvalue weighted by Gasteiger charge is 2.41. The first-order valence-electron chi connectivity index (χ1n) is 10.9. The first kappa shape index (κ1) is 16.2. The topological polar surface area (TPSA) is 15.3 Å². The molecular weight excluding hydrogens is 304 g/mol. The number of likely N-dealkylation sites (tertiary alicyclic amines) is 1. The van der Waals surface area contributed by atoms with Gasteiger partial charge in [-0.3, -0.25) is 0 Å². The average Bonchev–Trinajstić information content (AvgIpc) is 2.94. The molecule has 2 aliphatic heterocycles. The third-order valence-electron chi connectivity index (χ3n) is 7.99. The van der Waals surface area contributed by atoms with E-state index in [1.807, 2.05) is 0 Å². The first-order chi connectivity index (χ1) is 12.3. The lowest BCUT2D eigenvalue weighted by Crippen LogP contribution is -2.45. The molecule has 2 nitrogen and oxygen atoms in total. The van der Waals surface area contributed by atoms with Crippen molar-refractivity contribution < 1.29 is 1.43 Å². The fourth-order valence-electron chi connectivity index (χ4n) is 6.54. The number of hydrogen-bond donors (Lipinski definition) is 1. The van der Waals surface area contributed by atoms with E-state index in [-0.39, 0.29) is 1.43 Å². The van der Waals surface area contributed by atoms with Crippen LogP contribution in [0.25, 0.3) is 0 Å². The van der Waals surface area contributed by atoms with E-state index in [0.717, 1.165) is 24.3 Å². The van der Waals surface area contributed by atoms with Crippen molar-refractivity contribution in [2.75, 3.05) is 31.5 Å². The Morgan fingerprint density at radius 2 is 1.84 bits per heavy atom. The van der Waals surface area contributed by atoms with E-state index in [1.54, 1.807) is 12.0 Å². The second kappa shape index (κ2) is 6.61. The smallest absolute Gasteiger partial charge is 0.0379 e. The normalized spacial score (nSPS) is 34.3. The van der Waals surface area contributed by atoms with Crippen LogP contribution in [0.4, 0.5) is 5.69 Å². The number of anilines is 1. The summed E-state index contributed by atoms with van der Waals surface area (Å²) in [4.78, 5) is 2.81. The number of para-hydroxylation sites is 1. The molecule has 2 aliphatic carbocycles. The standard InChI is InChI=1S/C23H34N2.H2/c1-2-7-22-21(6-1)23(17-24-22)10-12-25(13-11-23)16-20-9-8-18-4-3-5-19(14-18)15-20;/h1-2,6-7,18-20,24H,3-5,8-17H2;1H. The number of fused-ring (bicyclic) bond motifs is 4. The Balaban J connectivity index is 0.00000168. The Kier molecular flexibility index (Phi) is 4.28. The van der Waals surface area contributed by atoms with Gasteiger partial charge in [-0.25, -0.2) is 0 Å². The quantitative estimate of drug-likeness (QED) is 0.786. The van der Waals surface area contributed by atoms with Gasteiger partial charge >= 0.3 is 0 Å². The summed E-state index contributed by atoms with van der Waals surface area (Å²) in [6.45, 7) is 5.16. The van der Waals surface area contributed by atoms with Crippen LogP contribution in [0, 0.1) is 17.8 Å². The molecule has 0 aromatic heterocycles. The summed E-state index contributed by atoms with van der Waals surface area (Å²) in [5.74, 6) is 3.12. The number of nitrogens with zero attached hydrogens (tertiary/aromatic N) is 1. The SMILES string of the molecule is [HH].c1ccc2c(c1)NCC21CCN(CC2CCC3CCCC(C3)C2)CC1. The third-order valence-corrected chi connectivity index (χ3v) is 7.99. The highest BCUT2D eigenvalue weighted by molar-refractivity contribution is 5.60. The molecule has 3 fully saturated rings. The van der Waals surface area contributed by atoms with E-state index in [9.17, 15) is 0 Å². The molecule has 138 valence electrons. The van der Waals surface area contributed by atoms with E-state index in [4.69, 9.17) is 0 Å². The summed E-state index contributed by atoms with van der Waals surface area (Å²) in [7, 11) is 0. The lowest BCUT2D eigenvalue weighted by molar-refractivity contribution is 0.138. The van der Waals surface area contributed by atoms with Gasteiger partial charge in [-0.05, 0) is 74.6 Å². The van der Waals surface area contributed by atoms with Gasteiger partial charge in [-0.1, -0.05) is 43.9 Å². The average molecular weight is 341 g/mol. The summed E-state index contributed by atoms with van der Waals surface area (Å²) in [5.41, 5.74) is 3.41. The summed E-state index contributed by atoms with van der Waals surface area (Å²) in [6, 6.07) is 9.03. The minimum atomic E-state index is 0. The largest absolute Gasteiger partial charge is 0.384 e. The zero-order valence-electron chi connectivity index (χ0n) is 15.7. The number of rotatable bonds is 2. The van der Waals surface area contributed by atoms with Gasteiger partial charge in [0.1, 0.15) is 0 Å². The third kappa shape index (κ3) is 3.12. The molecule has 25 heavy (non-hydrogen) atoms. The van der Waals surface area contributed by atoms with Crippen molar-refractivity contribution in [3.05, 3.63) is 29.8 Å². The summed E-state index contributed by atoms with van der Waals surface area (Å²) < 4.78 is 0. The van der Waals surface area contributed by atoms with Crippen LogP contribution in [0.15, 0.2) is 24.3 Å². The van der Waals surface area contributed by atoms with Crippen LogP contribution < -0.4 is 5.32 Å². The lowest BCUT2D eigenvalue weighted by atomic mass is 9.74. The Morgan fingerprint density at radius 3 is 2.76 bits per heavy atom. The molecule has 1 aromatic carbocycles. The van der Waals surface area contributed by atoms with Crippen molar-refractivity contribution in [1.82, 2.24) is 4.90 Å². The molecule has 0 amide bonds. The Bertz CT molecular complexity index is 608. The number of piperidine rings is 1. The molecule has 5 rings (SSSR count). The highest BCUT2D eigenvalue weighted by Crippen LogP contribution is 2.45. The van der Waals surface area contributed by atoms with E-state index in [2.05, 4.69) is 34.5 Å². The Hall–Kier alpha value is -1.02. The van der Waals surface area contributed by atoms with Crippen molar-refractivity contribution in [2.24, 2.45) is 17.8 Å². The predicted molar refractivity (Wildman–Crippen MR) is 107 cm³/mol. The van der Waals surface area contributed by atoms with Crippen LogP contribution in [0.5, 0.6) is 0 Å². The fourth-order valence-corrected chi connectivity index (χ4v) is 6.54. The molecule has 3 unspecified atom stereocenters.